The van der Waals surface area contributed by atoms with Crippen LogP contribution in [0.2, 0.25) is 0 Å². The van der Waals surface area contributed by atoms with Gasteiger partial charge in [0.2, 0.25) is 5.91 Å². The second-order valence-electron chi connectivity index (χ2n) is 11.1. The van der Waals surface area contributed by atoms with Crippen LogP contribution in [0.4, 0.5) is 4.39 Å². The van der Waals surface area contributed by atoms with Crippen molar-refractivity contribution >= 4 is 13.7 Å². The number of carbonyl (C=O) groups is 1. The number of nitrogens with zero attached hydrogens (tertiary/aromatic N) is 1. The second kappa shape index (κ2) is 20.1. The Morgan fingerprint density at radius 2 is 1.60 bits per heavy atom. The second-order valence-corrected chi connectivity index (χ2v) is 12.7. The molecule has 1 amide bonds. The summed E-state index contributed by atoms with van der Waals surface area (Å²) in [5.41, 5.74) is -3.23. The Morgan fingerprint density at radius 3 is 2.17 bits per heavy atom. The number of ether oxygens (including phenoxy) is 1. The van der Waals surface area contributed by atoms with E-state index >= 15 is 4.39 Å². The summed E-state index contributed by atoms with van der Waals surface area (Å²) in [7, 11) is -4.19. The van der Waals surface area contributed by atoms with E-state index in [2.05, 4.69) is 73.0 Å². The van der Waals surface area contributed by atoms with Crippen molar-refractivity contribution in [2.75, 3.05) is 19.8 Å². The molecule has 1 aromatic heterocycles. The number of nitrogens with one attached hydrogen (secondary N) is 2. The number of H-pyrrole nitrogens is 1. The third-order valence-electron chi connectivity index (χ3n) is 7.37. The average Bonchev–Trinajstić information content (AvgIpc) is 3.29. The molecule has 5 atom stereocenters. The number of aromatic amines is 1. The van der Waals surface area contributed by atoms with Crippen LogP contribution in [-0.2, 0) is 27.7 Å². The topological polar surface area (TPSA) is 138 Å². The van der Waals surface area contributed by atoms with Crippen LogP contribution in [-0.4, -0.2) is 53.1 Å². The summed E-state index contributed by atoms with van der Waals surface area (Å²) < 4.78 is 51.0. The number of carbonyl (C=O) groups excluding carboxylic acids is 1. The van der Waals surface area contributed by atoms with E-state index in [-0.39, 0.29) is 32.1 Å². The fourth-order valence-electron chi connectivity index (χ4n) is 4.76. The fraction of sp³-hybridized carbons (Fsp3) is 0.500. The van der Waals surface area contributed by atoms with E-state index in [0.717, 1.165) is 55.4 Å². The predicted octanol–water partition coefficient (Wildman–Crippen LogP) is 6.30. The Morgan fingerprint density at radius 1 is 1.02 bits per heavy atom. The first-order valence-electron chi connectivity index (χ1n) is 16.1. The van der Waals surface area contributed by atoms with Crippen molar-refractivity contribution in [3.63, 3.8) is 0 Å². The van der Waals surface area contributed by atoms with Gasteiger partial charge in [-0.2, -0.15) is 0 Å². The monoisotopic (exact) mass is 675 g/mol. The van der Waals surface area contributed by atoms with Gasteiger partial charge in [-0.15, -0.1) is 0 Å². The maximum Gasteiger partial charge on any atom is 0.475 e. The first-order valence-corrected chi connectivity index (χ1v) is 17.5. The molecule has 258 valence electrons. The van der Waals surface area contributed by atoms with Crippen molar-refractivity contribution in [1.29, 1.82) is 0 Å². The molecule has 11 nitrogen and oxygen atoms in total. The lowest BCUT2D eigenvalue weighted by molar-refractivity contribution is -0.121. The summed E-state index contributed by atoms with van der Waals surface area (Å²) in [6.45, 7) is 3.04. The van der Waals surface area contributed by atoms with Crippen molar-refractivity contribution in [2.24, 2.45) is 0 Å². The highest BCUT2D eigenvalue weighted by Crippen LogP contribution is 2.60. The van der Waals surface area contributed by atoms with Gasteiger partial charge in [0.25, 0.3) is 5.56 Å². The third kappa shape index (κ3) is 12.6. The van der Waals surface area contributed by atoms with Crippen molar-refractivity contribution in [3.8, 4) is 0 Å². The van der Waals surface area contributed by atoms with E-state index in [1.54, 1.807) is 0 Å². The molecule has 13 heteroatoms. The number of aromatic nitrogens is 2. The van der Waals surface area contributed by atoms with Gasteiger partial charge in [0.05, 0.1) is 13.2 Å². The van der Waals surface area contributed by atoms with E-state index in [9.17, 15) is 18.9 Å². The maximum absolute atomic E-state index is 15.5. The van der Waals surface area contributed by atoms with Crippen LogP contribution >= 0.6 is 7.82 Å². The standard InChI is InChI=1S/C34H47FN3O8P/c1-3-4-5-6-7-8-9-10-11-12-13-14-15-16-17-18-19-20-21-22-29(39)36-24-26-43-47(42)44-27-28-34(2,46-47)31(35)32(45-28)38-25-23-30(40)37-33(38)41/h4-5,7-8,10-11,13-14,16-17,19-20,23,25,28,31-32H,3,6,9,12,15,18,21-22,24,26-27H2,1-2H3,(H,36,39)(H,37,40,41)/b5-4-,8-7-,11-10-,14-13-,17-16-,20-19-/t28-,31+,32-,34-,47?/m1/s1. The van der Waals surface area contributed by atoms with Crippen LogP contribution in [0.25, 0.3) is 0 Å². The zero-order valence-corrected chi connectivity index (χ0v) is 28.0. The van der Waals surface area contributed by atoms with Gasteiger partial charge in [-0.25, -0.2) is 13.8 Å². The van der Waals surface area contributed by atoms with Crippen LogP contribution in [0, 0.1) is 0 Å². The van der Waals surface area contributed by atoms with Crippen LogP contribution < -0.4 is 16.6 Å². The molecular formula is C34H47FN3O8P. The molecule has 2 saturated heterocycles. The molecule has 3 rings (SSSR count). The summed E-state index contributed by atoms with van der Waals surface area (Å²) in [6.07, 6.45) is 28.7. The number of alkyl halides is 1. The highest BCUT2D eigenvalue weighted by molar-refractivity contribution is 7.48. The predicted molar refractivity (Wildman–Crippen MR) is 180 cm³/mol. The summed E-state index contributed by atoms with van der Waals surface area (Å²) in [6, 6.07) is 1.06. The van der Waals surface area contributed by atoms with Crippen molar-refractivity contribution in [1.82, 2.24) is 14.9 Å². The van der Waals surface area contributed by atoms with Crippen LogP contribution in [0.1, 0.15) is 71.4 Å². The van der Waals surface area contributed by atoms with Gasteiger partial charge in [0, 0.05) is 25.2 Å². The van der Waals surface area contributed by atoms with Crippen LogP contribution in [0.15, 0.2) is 94.8 Å². The molecular weight excluding hydrogens is 628 g/mol. The Bertz CT molecular complexity index is 1480. The summed E-state index contributed by atoms with van der Waals surface area (Å²) in [5.74, 6) is -0.203. The Balaban J connectivity index is 1.24. The number of rotatable bonds is 19. The minimum Gasteiger partial charge on any atom is -0.354 e. The highest BCUT2D eigenvalue weighted by Gasteiger charge is 2.62. The quantitative estimate of drug-likeness (QED) is 0.0991. The smallest absolute Gasteiger partial charge is 0.354 e. The summed E-state index contributed by atoms with van der Waals surface area (Å²) >= 11 is 0. The Hall–Kier alpha value is -3.41. The maximum atomic E-state index is 15.5. The SMILES string of the molecule is CC/C=C\C/C=C\C/C=C\C/C=C\C/C=C\C/C=C\CCC(=O)NCCOP1(=O)OC[C@H]2O[C@@H](n3ccc(=O)[nH]c3=O)[C@H](F)[C@]2(C)O1. The minimum atomic E-state index is -4.19. The van der Waals surface area contributed by atoms with Gasteiger partial charge in [0.15, 0.2) is 12.4 Å². The van der Waals surface area contributed by atoms with E-state index in [4.69, 9.17) is 18.3 Å². The number of allylic oxidation sites excluding steroid dienone is 12. The van der Waals surface area contributed by atoms with Gasteiger partial charge in [-0.05, 0) is 51.9 Å². The average molecular weight is 676 g/mol. The Labute approximate surface area is 275 Å². The molecule has 1 unspecified atom stereocenters. The fourth-order valence-corrected chi connectivity index (χ4v) is 6.27. The summed E-state index contributed by atoms with van der Waals surface area (Å²) in [5, 5.41) is 2.67. The molecule has 0 bridgehead atoms. The van der Waals surface area contributed by atoms with Crippen LogP contribution in [0.5, 0.6) is 0 Å². The number of fused-ring (bicyclic) bond motifs is 1. The van der Waals surface area contributed by atoms with Gasteiger partial charge < -0.3 is 10.1 Å². The van der Waals surface area contributed by atoms with Gasteiger partial charge >= 0.3 is 13.5 Å². The van der Waals surface area contributed by atoms with Crippen molar-refractivity contribution in [3.05, 3.63) is 106 Å². The lowest BCUT2D eigenvalue weighted by Gasteiger charge is -2.38. The molecule has 1 aromatic rings. The zero-order chi connectivity index (χ0) is 34.0. The van der Waals surface area contributed by atoms with E-state index in [0.29, 0.717) is 6.42 Å². The Kier molecular flexibility index (Phi) is 16.2. The molecule has 0 aromatic carbocycles. The normalized spacial score (nSPS) is 26.6. The van der Waals surface area contributed by atoms with Crippen molar-refractivity contribution in [2.45, 2.75) is 89.3 Å². The molecule has 0 saturated carbocycles. The van der Waals surface area contributed by atoms with E-state index < -0.39 is 43.2 Å². The third-order valence-corrected chi connectivity index (χ3v) is 8.95. The number of amides is 1. The van der Waals surface area contributed by atoms with Gasteiger partial charge in [-0.3, -0.25) is 32.7 Å². The minimum absolute atomic E-state index is 0.0460. The molecule has 2 aliphatic heterocycles. The summed E-state index contributed by atoms with van der Waals surface area (Å²) in [4.78, 5) is 37.7. The molecule has 47 heavy (non-hydrogen) atoms. The molecule has 3 heterocycles. The molecule has 2 N–H and O–H groups in total. The molecule has 2 aliphatic rings. The van der Waals surface area contributed by atoms with Gasteiger partial charge in [0.1, 0.15) is 11.7 Å². The number of phosphoric ester groups is 1. The zero-order valence-electron chi connectivity index (χ0n) is 27.1. The van der Waals surface area contributed by atoms with Crippen molar-refractivity contribution < 1.29 is 32.1 Å². The molecule has 2 fully saturated rings. The van der Waals surface area contributed by atoms with E-state index in [1.807, 2.05) is 17.1 Å². The first kappa shape index (κ1) is 38.0. The molecule has 0 aliphatic carbocycles. The van der Waals surface area contributed by atoms with Crippen LogP contribution in [0.3, 0.4) is 0 Å². The number of hydrogen-bond acceptors (Lipinski definition) is 8. The van der Waals surface area contributed by atoms with E-state index in [1.165, 1.54) is 6.92 Å². The van der Waals surface area contributed by atoms with Gasteiger partial charge in [-0.1, -0.05) is 79.8 Å². The largest absolute Gasteiger partial charge is 0.475 e. The molecule has 0 spiro atoms. The highest BCUT2D eigenvalue weighted by atomic mass is 31.2. The lowest BCUT2D eigenvalue weighted by atomic mass is 9.96. The first-order chi connectivity index (χ1) is 22.7. The number of hydrogen-bond donors (Lipinski definition) is 2. The molecule has 0 radical (unpaired) electrons. The lowest BCUT2D eigenvalue weighted by Crippen LogP contribution is -2.50. The number of halogens is 1. The number of phosphoric acid groups is 1.